The molecule has 0 bridgehead atoms. The summed E-state index contributed by atoms with van der Waals surface area (Å²) in [6, 6.07) is 0. The third-order valence-corrected chi connectivity index (χ3v) is 9.04. The molecule has 0 aromatic carbocycles. The number of hydrogen-bond donors (Lipinski definition) is 0. The molecule has 0 fully saturated rings. The zero-order valence-electron chi connectivity index (χ0n) is 31.7. The molecule has 1 atom stereocenters. The fraction of sp³-hybridized carbons (Fsp3) is 0.927. The number of unbranched alkanes of at least 4 members (excludes halogenated alkanes) is 23. The first-order valence-electron chi connectivity index (χ1n) is 20.4. The van der Waals surface area contributed by atoms with Crippen molar-refractivity contribution in [1.29, 1.82) is 0 Å². The highest BCUT2D eigenvalue weighted by Gasteiger charge is 2.19. The normalized spacial score (nSPS) is 11.9. The van der Waals surface area contributed by atoms with Crippen LogP contribution in [0, 0.1) is 5.92 Å². The lowest BCUT2D eigenvalue weighted by molar-refractivity contribution is -0.167. The van der Waals surface area contributed by atoms with Crippen LogP contribution in [0.3, 0.4) is 0 Å². The van der Waals surface area contributed by atoms with Crippen LogP contribution in [0.1, 0.15) is 220 Å². The minimum absolute atomic E-state index is 0.0671. The second-order valence-corrected chi connectivity index (χ2v) is 14.4. The Labute approximate surface area is 291 Å². The lowest BCUT2D eigenvalue weighted by Crippen LogP contribution is -2.30. The molecule has 278 valence electrons. The van der Waals surface area contributed by atoms with Gasteiger partial charge in [-0.3, -0.25) is 14.4 Å². The molecule has 0 radical (unpaired) electrons. The summed E-state index contributed by atoms with van der Waals surface area (Å²) >= 11 is 0. The number of esters is 3. The van der Waals surface area contributed by atoms with Gasteiger partial charge in [0.05, 0.1) is 0 Å². The minimum atomic E-state index is -0.757. The standard InChI is InChI=1S/C41H78O6/c1-5-7-9-11-12-13-14-15-16-17-18-19-20-26-30-34-41(44)47-38(35-45-39(42)32-28-23-10-8-6-2)36-46-40(43)33-29-25-22-21-24-27-31-37(3)4/h37-38H,5-36H2,1-4H3/t38-/m1/s1. The molecule has 0 aliphatic rings. The van der Waals surface area contributed by atoms with Gasteiger partial charge >= 0.3 is 17.9 Å². The summed E-state index contributed by atoms with van der Waals surface area (Å²) in [7, 11) is 0. The van der Waals surface area contributed by atoms with Gasteiger partial charge in [-0.05, 0) is 25.2 Å². The fourth-order valence-electron chi connectivity index (χ4n) is 5.92. The van der Waals surface area contributed by atoms with E-state index in [2.05, 4.69) is 27.7 Å². The lowest BCUT2D eigenvalue weighted by Gasteiger charge is -2.18. The van der Waals surface area contributed by atoms with Gasteiger partial charge in [-0.15, -0.1) is 0 Å². The Kier molecular flexibility index (Phi) is 34.5. The van der Waals surface area contributed by atoms with E-state index in [9.17, 15) is 14.4 Å². The smallest absolute Gasteiger partial charge is 0.306 e. The Morgan fingerprint density at radius 1 is 0.404 bits per heavy atom. The predicted molar refractivity (Wildman–Crippen MR) is 196 cm³/mol. The van der Waals surface area contributed by atoms with E-state index in [0.717, 1.165) is 70.1 Å². The fourth-order valence-corrected chi connectivity index (χ4v) is 5.92. The highest BCUT2D eigenvalue weighted by molar-refractivity contribution is 5.71. The monoisotopic (exact) mass is 667 g/mol. The SMILES string of the molecule is CCCCCCCCCCCCCCCCCC(=O)O[C@H](COC(=O)CCCCCCC)COC(=O)CCCCCCCCC(C)C. The lowest BCUT2D eigenvalue weighted by atomic mass is 10.0. The van der Waals surface area contributed by atoms with E-state index in [1.807, 2.05) is 0 Å². The maximum atomic E-state index is 12.6. The summed E-state index contributed by atoms with van der Waals surface area (Å²) < 4.78 is 16.5. The Bertz CT molecular complexity index is 706. The van der Waals surface area contributed by atoms with Crippen molar-refractivity contribution in [1.82, 2.24) is 0 Å². The summed E-state index contributed by atoms with van der Waals surface area (Å²) in [5, 5.41) is 0. The van der Waals surface area contributed by atoms with Crippen molar-refractivity contribution in [3.63, 3.8) is 0 Å². The largest absolute Gasteiger partial charge is 0.462 e. The molecule has 6 heteroatoms. The summed E-state index contributed by atoms with van der Waals surface area (Å²) in [5.41, 5.74) is 0. The molecule has 0 N–H and O–H groups in total. The van der Waals surface area contributed by atoms with Crippen molar-refractivity contribution in [2.45, 2.75) is 226 Å². The number of carbonyl (C=O) groups is 3. The van der Waals surface area contributed by atoms with Gasteiger partial charge < -0.3 is 14.2 Å². The van der Waals surface area contributed by atoms with Crippen LogP contribution < -0.4 is 0 Å². The number of ether oxygens (including phenoxy) is 3. The molecule has 0 aromatic rings. The van der Waals surface area contributed by atoms with Gasteiger partial charge in [0.25, 0.3) is 0 Å². The van der Waals surface area contributed by atoms with E-state index in [1.165, 1.54) is 109 Å². The van der Waals surface area contributed by atoms with Crippen LogP contribution in [0.2, 0.25) is 0 Å². The molecule has 0 spiro atoms. The van der Waals surface area contributed by atoms with E-state index >= 15 is 0 Å². The molecule has 0 rings (SSSR count). The molecular weight excluding hydrogens is 588 g/mol. The molecule has 0 aromatic heterocycles. The van der Waals surface area contributed by atoms with Crippen LogP contribution in [-0.2, 0) is 28.6 Å². The summed E-state index contributed by atoms with van der Waals surface area (Å²) in [6.45, 7) is 8.82. The van der Waals surface area contributed by atoms with E-state index in [4.69, 9.17) is 14.2 Å². The maximum absolute atomic E-state index is 12.6. The average Bonchev–Trinajstić information content (AvgIpc) is 3.05. The quantitative estimate of drug-likeness (QED) is 0.0376. The highest BCUT2D eigenvalue weighted by atomic mass is 16.6. The molecule has 0 aliphatic heterocycles. The minimum Gasteiger partial charge on any atom is -0.462 e. The van der Waals surface area contributed by atoms with Gasteiger partial charge in [-0.25, -0.2) is 0 Å². The van der Waals surface area contributed by atoms with Gasteiger partial charge in [0.2, 0.25) is 0 Å². The first-order chi connectivity index (χ1) is 22.9. The van der Waals surface area contributed by atoms with Crippen LogP contribution in [0.15, 0.2) is 0 Å². The summed E-state index contributed by atoms with van der Waals surface area (Å²) in [6.07, 6.45) is 32.7. The van der Waals surface area contributed by atoms with Gasteiger partial charge in [0.15, 0.2) is 6.10 Å². The van der Waals surface area contributed by atoms with Crippen LogP contribution >= 0.6 is 0 Å². The van der Waals surface area contributed by atoms with Crippen molar-refractivity contribution in [3.8, 4) is 0 Å². The third kappa shape index (κ3) is 35.5. The van der Waals surface area contributed by atoms with Crippen LogP contribution in [-0.4, -0.2) is 37.2 Å². The first kappa shape index (κ1) is 45.4. The average molecular weight is 667 g/mol. The third-order valence-electron chi connectivity index (χ3n) is 9.04. The Morgan fingerprint density at radius 2 is 0.702 bits per heavy atom. The highest BCUT2D eigenvalue weighted by Crippen LogP contribution is 2.15. The molecule has 0 unspecified atom stereocenters. The van der Waals surface area contributed by atoms with Gasteiger partial charge in [0, 0.05) is 19.3 Å². The second kappa shape index (κ2) is 35.7. The second-order valence-electron chi connectivity index (χ2n) is 14.4. The van der Waals surface area contributed by atoms with Gasteiger partial charge in [-0.2, -0.15) is 0 Å². The first-order valence-corrected chi connectivity index (χ1v) is 20.4. The number of carbonyl (C=O) groups excluding carboxylic acids is 3. The maximum Gasteiger partial charge on any atom is 0.306 e. The summed E-state index contributed by atoms with van der Waals surface area (Å²) in [4.78, 5) is 37.2. The molecule has 0 amide bonds. The van der Waals surface area contributed by atoms with Gasteiger partial charge in [0.1, 0.15) is 13.2 Å². The Hall–Kier alpha value is -1.59. The topological polar surface area (TPSA) is 78.9 Å². The molecule has 0 heterocycles. The predicted octanol–water partition coefficient (Wildman–Crippen LogP) is 12.4. The van der Waals surface area contributed by atoms with Crippen LogP contribution in [0.5, 0.6) is 0 Å². The molecule has 0 saturated carbocycles. The molecular formula is C41H78O6. The van der Waals surface area contributed by atoms with Crippen molar-refractivity contribution in [2.75, 3.05) is 13.2 Å². The number of rotatable bonds is 36. The van der Waals surface area contributed by atoms with Crippen molar-refractivity contribution >= 4 is 17.9 Å². The van der Waals surface area contributed by atoms with Crippen LogP contribution in [0.25, 0.3) is 0 Å². The van der Waals surface area contributed by atoms with Crippen molar-refractivity contribution in [2.24, 2.45) is 5.92 Å². The molecule has 47 heavy (non-hydrogen) atoms. The van der Waals surface area contributed by atoms with E-state index in [1.54, 1.807) is 0 Å². The van der Waals surface area contributed by atoms with Crippen molar-refractivity contribution in [3.05, 3.63) is 0 Å². The number of hydrogen-bond acceptors (Lipinski definition) is 6. The van der Waals surface area contributed by atoms with Crippen LogP contribution in [0.4, 0.5) is 0 Å². The van der Waals surface area contributed by atoms with Crippen molar-refractivity contribution < 1.29 is 28.6 Å². The zero-order chi connectivity index (χ0) is 34.6. The Morgan fingerprint density at radius 3 is 1.04 bits per heavy atom. The molecule has 6 nitrogen and oxygen atoms in total. The van der Waals surface area contributed by atoms with E-state index in [-0.39, 0.29) is 31.1 Å². The molecule has 0 aliphatic carbocycles. The molecule has 0 saturated heterocycles. The Balaban J connectivity index is 4.21. The van der Waals surface area contributed by atoms with E-state index in [0.29, 0.717) is 19.3 Å². The van der Waals surface area contributed by atoms with Gasteiger partial charge in [-0.1, -0.05) is 182 Å². The zero-order valence-corrected chi connectivity index (χ0v) is 31.7. The van der Waals surface area contributed by atoms with E-state index < -0.39 is 6.10 Å². The summed E-state index contributed by atoms with van der Waals surface area (Å²) in [5.74, 6) is -0.116.